The number of anilines is 2. The van der Waals surface area contributed by atoms with Crippen molar-refractivity contribution in [3.63, 3.8) is 0 Å². The Balaban J connectivity index is 2.26. The number of nitrogens with two attached hydrogens (primary N) is 1. The van der Waals surface area contributed by atoms with Crippen LogP contribution in [0.1, 0.15) is 44.0 Å². The number of nitrogens with one attached hydrogen (secondary N) is 2. The fourth-order valence-electron chi connectivity index (χ4n) is 2.78. The molecular formula is C14H25N5O. The highest BCUT2D eigenvalue weighted by Gasteiger charge is 2.34. The molecule has 0 radical (unpaired) electrons. The van der Waals surface area contributed by atoms with Gasteiger partial charge in [0.15, 0.2) is 0 Å². The fourth-order valence-corrected chi connectivity index (χ4v) is 2.78. The summed E-state index contributed by atoms with van der Waals surface area (Å²) in [5.41, 5.74) is 3.20. The molecule has 0 spiro atoms. The monoisotopic (exact) mass is 279 g/mol. The number of aliphatic hydroxyl groups is 1. The van der Waals surface area contributed by atoms with E-state index in [9.17, 15) is 5.11 Å². The third-order valence-corrected chi connectivity index (χ3v) is 4.31. The molecular weight excluding hydrogens is 254 g/mol. The number of hydrogen-bond acceptors (Lipinski definition) is 6. The van der Waals surface area contributed by atoms with E-state index in [1.165, 1.54) is 0 Å². The van der Waals surface area contributed by atoms with Gasteiger partial charge in [-0.15, -0.1) is 0 Å². The summed E-state index contributed by atoms with van der Waals surface area (Å²) in [4.78, 5) is 8.71. The Morgan fingerprint density at radius 3 is 2.40 bits per heavy atom. The maximum atomic E-state index is 9.83. The smallest absolute Gasteiger partial charge is 0.148 e. The number of nitrogen functional groups attached to an aromatic ring is 1. The lowest BCUT2D eigenvalue weighted by molar-refractivity contribution is 0.155. The first kappa shape index (κ1) is 15.0. The normalized spacial score (nSPS) is 26.4. The predicted octanol–water partition coefficient (Wildman–Crippen LogP) is 1.73. The molecule has 0 aromatic carbocycles. The predicted molar refractivity (Wildman–Crippen MR) is 80.4 cm³/mol. The van der Waals surface area contributed by atoms with E-state index in [2.05, 4.69) is 27.6 Å². The molecule has 0 aliphatic heterocycles. The third kappa shape index (κ3) is 3.02. The number of aryl methyl sites for hydroxylation is 1. The van der Waals surface area contributed by atoms with Crippen LogP contribution in [0.4, 0.5) is 11.6 Å². The van der Waals surface area contributed by atoms with Gasteiger partial charge in [0.1, 0.15) is 17.5 Å². The molecule has 0 saturated heterocycles. The van der Waals surface area contributed by atoms with Gasteiger partial charge in [0.05, 0.1) is 12.1 Å². The number of nitrogens with zero attached hydrogens (tertiary/aromatic N) is 2. The summed E-state index contributed by atoms with van der Waals surface area (Å²) < 4.78 is 0. The van der Waals surface area contributed by atoms with Gasteiger partial charge in [0, 0.05) is 5.56 Å². The van der Waals surface area contributed by atoms with Gasteiger partial charge >= 0.3 is 0 Å². The van der Waals surface area contributed by atoms with Gasteiger partial charge in [-0.2, -0.15) is 0 Å². The van der Waals surface area contributed by atoms with Crippen molar-refractivity contribution in [2.24, 2.45) is 11.8 Å². The molecule has 1 saturated carbocycles. The molecule has 1 aromatic heterocycles. The minimum Gasteiger partial charge on any atom is -0.394 e. The van der Waals surface area contributed by atoms with Crippen LogP contribution in [-0.2, 0) is 0 Å². The lowest BCUT2D eigenvalue weighted by Crippen LogP contribution is -2.45. The summed E-state index contributed by atoms with van der Waals surface area (Å²) in [5, 5.41) is 13.3. The highest BCUT2D eigenvalue weighted by molar-refractivity contribution is 5.57. The standard InChI is InChI=1S/C14H25N5O/c1-9-4-6-14(8-20,7-5-9)18-12-10(2)13(19-15)17-11(3)16-12/h9,20H,4-8,15H2,1-3H3,(H2,16,17,18,19). The van der Waals surface area contributed by atoms with Crippen LogP contribution in [0.25, 0.3) is 0 Å². The van der Waals surface area contributed by atoms with Crippen LogP contribution in [0.15, 0.2) is 0 Å². The maximum Gasteiger partial charge on any atom is 0.148 e. The average Bonchev–Trinajstić information content (AvgIpc) is 2.45. The van der Waals surface area contributed by atoms with Crippen LogP contribution in [0.2, 0.25) is 0 Å². The summed E-state index contributed by atoms with van der Waals surface area (Å²) in [6.07, 6.45) is 4.16. The Morgan fingerprint density at radius 1 is 1.25 bits per heavy atom. The molecule has 1 aliphatic carbocycles. The zero-order chi connectivity index (χ0) is 14.8. The molecule has 6 nitrogen and oxygen atoms in total. The zero-order valence-corrected chi connectivity index (χ0v) is 12.5. The van der Waals surface area contributed by atoms with Crippen molar-refractivity contribution in [2.75, 3.05) is 17.3 Å². The highest BCUT2D eigenvalue weighted by Crippen LogP contribution is 2.35. The Hall–Kier alpha value is -1.40. The topological polar surface area (TPSA) is 96.1 Å². The highest BCUT2D eigenvalue weighted by atomic mass is 16.3. The van der Waals surface area contributed by atoms with E-state index < -0.39 is 0 Å². The largest absolute Gasteiger partial charge is 0.394 e. The molecule has 2 rings (SSSR count). The van der Waals surface area contributed by atoms with Crippen molar-refractivity contribution in [1.82, 2.24) is 9.97 Å². The van der Waals surface area contributed by atoms with Gasteiger partial charge in [-0.1, -0.05) is 6.92 Å². The number of aliphatic hydroxyl groups excluding tert-OH is 1. The molecule has 1 aromatic rings. The second-order valence-corrected chi connectivity index (χ2v) is 5.98. The van der Waals surface area contributed by atoms with Crippen LogP contribution in [0, 0.1) is 19.8 Å². The maximum absolute atomic E-state index is 9.83. The Morgan fingerprint density at radius 2 is 1.85 bits per heavy atom. The van der Waals surface area contributed by atoms with E-state index in [0.29, 0.717) is 11.6 Å². The summed E-state index contributed by atoms with van der Waals surface area (Å²) in [7, 11) is 0. The van der Waals surface area contributed by atoms with Crippen LogP contribution in [0.3, 0.4) is 0 Å². The molecule has 1 aliphatic rings. The van der Waals surface area contributed by atoms with Gasteiger partial charge in [0.2, 0.25) is 0 Å². The number of rotatable bonds is 4. The van der Waals surface area contributed by atoms with Crippen molar-refractivity contribution in [3.8, 4) is 0 Å². The minimum absolute atomic E-state index is 0.119. The number of hydrazine groups is 1. The fraction of sp³-hybridized carbons (Fsp3) is 0.714. The molecule has 0 bridgehead atoms. The van der Waals surface area contributed by atoms with Crippen LogP contribution < -0.4 is 16.6 Å². The first-order valence-corrected chi connectivity index (χ1v) is 7.20. The van der Waals surface area contributed by atoms with Gasteiger partial charge in [-0.05, 0) is 45.4 Å². The van der Waals surface area contributed by atoms with E-state index in [1.54, 1.807) is 0 Å². The number of hydrogen-bond donors (Lipinski definition) is 4. The molecule has 1 heterocycles. The van der Waals surface area contributed by atoms with Gasteiger partial charge in [-0.3, -0.25) is 0 Å². The Bertz CT molecular complexity index is 469. The first-order chi connectivity index (χ1) is 9.49. The SMILES string of the molecule is Cc1nc(NN)c(C)c(NC2(CO)CCC(C)CC2)n1. The van der Waals surface area contributed by atoms with E-state index in [1.807, 2.05) is 13.8 Å². The van der Waals surface area contributed by atoms with E-state index in [-0.39, 0.29) is 12.1 Å². The Labute approximate surface area is 120 Å². The van der Waals surface area contributed by atoms with Crippen LogP contribution >= 0.6 is 0 Å². The molecule has 0 amide bonds. The molecule has 0 atom stereocenters. The second kappa shape index (κ2) is 5.93. The molecule has 20 heavy (non-hydrogen) atoms. The van der Waals surface area contributed by atoms with E-state index >= 15 is 0 Å². The molecule has 0 unspecified atom stereocenters. The summed E-state index contributed by atoms with van der Waals surface area (Å²) in [5.74, 6) is 8.25. The molecule has 112 valence electrons. The van der Waals surface area contributed by atoms with Crippen molar-refractivity contribution in [2.45, 2.75) is 52.0 Å². The lowest BCUT2D eigenvalue weighted by Gasteiger charge is -2.39. The van der Waals surface area contributed by atoms with Crippen LogP contribution in [0.5, 0.6) is 0 Å². The second-order valence-electron chi connectivity index (χ2n) is 5.98. The molecule has 6 heteroatoms. The summed E-state index contributed by atoms with van der Waals surface area (Å²) in [6.45, 7) is 6.14. The minimum atomic E-state index is -0.274. The van der Waals surface area contributed by atoms with Gasteiger partial charge in [-0.25, -0.2) is 15.8 Å². The van der Waals surface area contributed by atoms with Crippen molar-refractivity contribution in [1.29, 1.82) is 0 Å². The van der Waals surface area contributed by atoms with E-state index in [4.69, 9.17) is 5.84 Å². The van der Waals surface area contributed by atoms with Crippen LogP contribution in [-0.4, -0.2) is 27.2 Å². The van der Waals surface area contributed by atoms with Crippen molar-refractivity contribution in [3.05, 3.63) is 11.4 Å². The van der Waals surface area contributed by atoms with Gasteiger partial charge < -0.3 is 15.8 Å². The average molecular weight is 279 g/mol. The Kier molecular flexibility index (Phi) is 4.45. The van der Waals surface area contributed by atoms with Crippen molar-refractivity contribution < 1.29 is 5.11 Å². The zero-order valence-electron chi connectivity index (χ0n) is 12.5. The van der Waals surface area contributed by atoms with Crippen molar-refractivity contribution >= 4 is 11.6 Å². The first-order valence-electron chi connectivity index (χ1n) is 7.20. The quantitative estimate of drug-likeness (QED) is 0.495. The van der Waals surface area contributed by atoms with Gasteiger partial charge in [0.25, 0.3) is 0 Å². The molecule has 1 fully saturated rings. The van der Waals surface area contributed by atoms with E-state index in [0.717, 1.165) is 43.0 Å². The number of aromatic nitrogens is 2. The lowest BCUT2D eigenvalue weighted by atomic mass is 9.77. The summed E-state index contributed by atoms with van der Waals surface area (Å²) >= 11 is 0. The summed E-state index contributed by atoms with van der Waals surface area (Å²) in [6, 6.07) is 0. The third-order valence-electron chi connectivity index (χ3n) is 4.31. The molecule has 5 N–H and O–H groups in total.